The summed E-state index contributed by atoms with van der Waals surface area (Å²) in [5.41, 5.74) is 5.73. The van der Waals surface area contributed by atoms with Gasteiger partial charge in [0.1, 0.15) is 0 Å². The summed E-state index contributed by atoms with van der Waals surface area (Å²) in [6.45, 7) is 8.36. The first kappa shape index (κ1) is 14.4. The average Bonchev–Trinajstić information content (AvgIpc) is 2.26. The summed E-state index contributed by atoms with van der Waals surface area (Å²) in [6, 6.07) is -0.00623. The molecular formula is C12H26N2O. The third kappa shape index (κ3) is 4.65. The topological polar surface area (TPSA) is 55.1 Å². The van der Waals surface area contributed by atoms with Gasteiger partial charge >= 0.3 is 0 Å². The Balaban J connectivity index is 4.23. The zero-order valence-electron chi connectivity index (χ0n) is 10.6. The highest BCUT2D eigenvalue weighted by Crippen LogP contribution is 2.19. The maximum atomic E-state index is 11.7. The fraction of sp³-hybridized carbons (Fsp3) is 0.917. The van der Waals surface area contributed by atoms with Crippen LogP contribution < -0.4 is 11.1 Å². The molecule has 1 amide bonds. The van der Waals surface area contributed by atoms with E-state index in [1.54, 1.807) is 0 Å². The molecule has 0 aromatic heterocycles. The molecule has 90 valence electrons. The monoisotopic (exact) mass is 214 g/mol. The Morgan fingerprint density at radius 2 is 1.67 bits per heavy atom. The fourth-order valence-electron chi connectivity index (χ4n) is 1.74. The molecule has 1 atom stereocenters. The molecule has 0 aromatic rings. The van der Waals surface area contributed by atoms with Gasteiger partial charge in [0.25, 0.3) is 0 Å². The first-order valence-corrected chi connectivity index (χ1v) is 6.10. The van der Waals surface area contributed by atoms with Gasteiger partial charge in [0, 0.05) is 18.0 Å². The van der Waals surface area contributed by atoms with Gasteiger partial charge in [-0.15, -0.1) is 0 Å². The van der Waals surface area contributed by atoms with Crippen molar-refractivity contribution in [1.82, 2.24) is 5.32 Å². The second-order valence-corrected chi connectivity index (χ2v) is 4.26. The van der Waals surface area contributed by atoms with Crippen LogP contribution in [0, 0.1) is 0 Å². The third-order valence-corrected chi connectivity index (χ3v) is 3.41. The molecule has 0 spiro atoms. The first-order valence-electron chi connectivity index (χ1n) is 6.10. The van der Waals surface area contributed by atoms with Crippen LogP contribution in [-0.4, -0.2) is 17.5 Å². The van der Waals surface area contributed by atoms with Gasteiger partial charge in [0.05, 0.1) is 0 Å². The van der Waals surface area contributed by atoms with Crippen LogP contribution in [0.1, 0.15) is 59.8 Å². The van der Waals surface area contributed by atoms with Crippen LogP contribution >= 0.6 is 0 Å². The molecule has 0 rings (SSSR count). The molecule has 0 radical (unpaired) electrons. The largest absolute Gasteiger partial charge is 0.351 e. The minimum absolute atomic E-state index is 0.00623. The summed E-state index contributed by atoms with van der Waals surface area (Å²) < 4.78 is 0. The smallest absolute Gasteiger partial charge is 0.221 e. The number of carbonyl (C=O) groups is 1. The average molecular weight is 214 g/mol. The molecule has 1 unspecified atom stereocenters. The van der Waals surface area contributed by atoms with E-state index in [0.29, 0.717) is 6.42 Å². The second kappa shape index (κ2) is 6.83. The van der Waals surface area contributed by atoms with Crippen molar-refractivity contribution in [3.05, 3.63) is 0 Å². The van der Waals surface area contributed by atoms with E-state index in [4.69, 9.17) is 5.73 Å². The lowest BCUT2D eigenvalue weighted by Crippen LogP contribution is -2.48. The van der Waals surface area contributed by atoms with Crippen LogP contribution in [0.4, 0.5) is 0 Å². The van der Waals surface area contributed by atoms with Crippen LogP contribution in [-0.2, 0) is 4.79 Å². The van der Waals surface area contributed by atoms with E-state index in [1.807, 2.05) is 6.92 Å². The molecule has 0 aliphatic carbocycles. The molecule has 0 fully saturated rings. The maximum Gasteiger partial charge on any atom is 0.221 e. The Labute approximate surface area is 93.8 Å². The van der Waals surface area contributed by atoms with Crippen molar-refractivity contribution in [2.24, 2.45) is 5.73 Å². The van der Waals surface area contributed by atoms with E-state index in [0.717, 1.165) is 25.7 Å². The summed E-state index contributed by atoms with van der Waals surface area (Å²) in [5, 5.41) is 3.13. The summed E-state index contributed by atoms with van der Waals surface area (Å²) in [5.74, 6) is 0.0925. The number of hydrogen-bond donors (Lipinski definition) is 2. The molecular weight excluding hydrogens is 188 g/mol. The van der Waals surface area contributed by atoms with Crippen molar-refractivity contribution in [3.8, 4) is 0 Å². The van der Waals surface area contributed by atoms with Gasteiger partial charge in [-0.2, -0.15) is 0 Å². The number of amides is 1. The van der Waals surface area contributed by atoms with E-state index in [1.165, 1.54) is 0 Å². The number of hydrogen-bond acceptors (Lipinski definition) is 2. The lowest BCUT2D eigenvalue weighted by Gasteiger charge is -2.32. The van der Waals surface area contributed by atoms with Gasteiger partial charge in [-0.1, -0.05) is 27.7 Å². The van der Waals surface area contributed by atoms with Crippen molar-refractivity contribution in [1.29, 1.82) is 0 Å². The van der Waals surface area contributed by atoms with E-state index in [-0.39, 0.29) is 17.5 Å². The lowest BCUT2D eigenvalue weighted by atomic mass is 9.89. The summed E-state index contributed by atoms with van der Waals surface area (Å²) in [7, 11) is 0. The molecule has 0 aliphatic rings. The molecule has 0 bridgehead atoms. The van der Waals surface area contributed by atoms with Gasteiger partial charge in [-0.3, -0.25) is 4.79 Å². The molecule has 3 N–H and O–H groups in total. The Kier molecular flexibility index (Phi) is 6.57. The van der Waals surface area contributed by atoms with Gasteiger partial charge in [-0.05, 0) is 25.7 Å². The lowest BCUT2D eigenvalue weighted by molar-refractivity contribution is -0.123. The van der Waals surface area contributed by atoms with Crippen LogP contribution in [0.5, 0.6) is 0 Å². The van der Waals surface area contributed by atoms with Crippen molar-refractivity contribution in [2.75, 3.05) is 0 Å². The summed E-state index contributed by atoms with van der Waals surface area (Å²) in [6.07, 6.45) is 4.23. The maximum absolute atomic E-state index is 11.7. The predicted molar refractivity (Wildman–Crippen MR) is 64.6 cm³/mol. The minimum atomic E-state index is -0.0233. The van der Waals surface area contributed by atoms with Crippen LogP contribution in [0.3, 0.4) is 0 Å². The van der Waals surface area contributed by atoms with Crippen LogP contribution in [0.25, 0.3) is 0 Å². The molecule has 0 aromatic carbocycles. The van der Waals surface area contributed by atoms with Crippen molar-refractivity contribution in [2.45, 2.75) is 71.4 Å². The van der Waals surface area contributed by atoms with Gasteiger partial charge in [0.15, 0.2) is 0 Å². The van der Waals surface area contributed by atoms with Gasteiger partial charge in [-0.25, -0.2) is 0 Å². The van der Waals surface area contributed by atoms with Crippen LogP contribution in [0.15, 0.2) is 0 Å². The summed E-state index contributed by atoms with van der Waals surface area (Å²) in [4.78, 5) is 11.7. The molecule has 0 heterocycles. The van der Waals surface area contributed by atoms with E-state index < -0.39 is 0 Å². The number of carbonyl (C=O) groups excluding carboxylic acids is 1. The number of nitrogens with two attached hydrogens (primary N) is 1. The van der Waals surface area contributed by atoms with E-state index in [9.17, 15) is 4.79 Å². The zero-order chi connectivity index (χ0) is 11.9. The third-order valence-electron chi connectivity index (χ3n) is 3.41. The Morgan fingerprint density at radius 1 is 1.20 bits per heavy atom. The second-order valence-electron chi connectivity index (χ2n) is 4.26. The molecule has 3 heteroatoms. The zero-order valence-corrected chi connectivity index (χ0v) is 10.6. The van der Waals surface area contributed by atoms with E-state index in [2.05, 4.69) is 26.1 Å². The quantitative estimate of drug-likeness (QED) is 0.682. The van der Waals surface area contributed by atoms with Crippen molar-refractivity contribution >= 4 is 5.91 Å². The Morgan fingerprint density at radius 3 is 2.00 bits per heavy atom. The predicted octanol–water partition coefficient (Wildman–Crippen LogP) is 2.20. The SMILES string of the molecule is CCC(N)CC(=O)NC(CC)(CC)CC. The normalized spacial score (nSPS) is 13.7. The fourth-order valence-corrected chi connectivity index (χ4v) is 1.74. The highest BCUT2D eigenvalue weighted by atomic mass is 16.1. The molecule has 3 nitrogen and oxygen atoms in total. The molecule has 0 saturated carbocycles. The molecule has 0 aliphatic heterocycles. The van der Waals surface area contributed by atoms with E-state index >= 15 is 0 Å². The number of rotatable bonds is 7. The molecule has 0 saturated heterocycles. The molecule has 15 heavy (non-hydrogen) atoms. The number of nitrogens with one attached hydrogen (secondary N) is 1. The van der Waals surface area contributed by atoms with Crippen molar-refractivity contribution < 1.29 is 4.79 Å². The van der Waals surface area contributed by atoms with Crippen LogP contribution in [0.2, 0.25) is 0 Å². The first-order chi connectivity index (χ1) is 7.03. The van der Waals surface area contributed by atoms with Gasteiger partial charge < -0.3 is 11.1 Å². The highest BCUT2D eigenvalue weighted by Gasteiger charge is 2.25. The van der Waals surface area contributed by atoms with Gasteiger partial charge in [0.2, 0.25) is 5.91 Å². The van der Waals surface area contributed by atoms with Crippen molar-refractivity contribution in [3.63, 3.8) is 0 Å². The minimum Gasteiger partial charge on any atom is -0.351 e. The standard InChI is InChI=1S/C12H26N2O/c1-5-10(13)9-11(15)14-12(6-2,7-3)8-4/h10H,5-9,13H2,1-4H3,(H,14,15). The summed E-state index contributed by atoms with van der Waals surface area (Å²) >= 11 is 0. The Hall–Kier alpha value is -0.570. The highest BCUT2D eigenvalue weighted by molar-refractivity contribution is 5.77. The Bertz CT molecular complexity index is 180.